The molecule has 0 radical (unpaired) electrons. The molecule has 0 aromatic rings. The number of aliphatic carboxylic acids is 1. The van der Waals surface area contributed by atoms with Crippen molar-refractivity contribution in [3.05, 3.63) is 0 Å². The van der Waals surface area contributed by atoms with Gasteiger partial charge in [-0.3, -0.25) is 9.69 Å². The van der Waals surface area contributed by atoms with E-state index in [2.05, 4.69) is 4.90 Å². The van der Waals surface area contributed by atoms with Crippen molar-refractivity contribution >= 4 is 15.8 Å². The molecule has 0 aromatic carbocycles. The first-order chi connectivity index (χ1) is 9.37. The Morgan fingerprint density at radius 1 is 1.35 bits per heavy atom. The van der Waals surface area contributed by atoms with Gasteiger partial charge in [0, 0.05) is 19.0 Å². The quantitative estimate of drug-likeness (QED) is 0.849. The Labute approximate surface area is 121 Å². The minimum atomic E-state index is -2.87. The van der Waals surface area contributed by atoms with E-state index in [1.54, 1.807) is 0 Å². The summed E-state index contributed by atoms with van der Waals surface area (Å²) in [7, 11) is -2.87. The lowest BCUT2D eigenvalue weighted by molar-refractivity contribution is -0.138. The molecular formula is C14H25NO4S. The van der Waals surface area contributed by atoms with Crippen LogP contribution in [0.5, 0.6) is 0 Å². The Balaban J connectivity index is 1.94. The Hall–Kier alpha value is -0.620. The second kappa shape index (κ2) is 6.43. The monoisotopic (exact) mass is 303 g/mol. The van der Waals surface area contributed by atoms with E-state index in [4.69, 9.17) is 5.11 Å². The molecular weight excluding hydrogens is 278 g/mol. The van der Waals surface area contributed by atoms with Crippen molar-refractivity contribution < 1.29 is 18.3 Å². The average molecular weight is 303 g/mol. The lowest BCUT2D eigenvalue weighted by Gasteiger charge is -2.41. The van der Waals surface area contributed by atoms with Gasteiger partial charge in [0.15, 0.2) is 9.84 Å². The first-order valence-electron chi connectivity index (χ1n) is 7.53. The van der Waals surface area contributed by atoms with Crippen molar-refractivity contribution in [3.63, 3.8) is 0 Å². The maximum atomic E-state index is 11.8. The summed E-state index contributed by atoms with van der Waals surface area (Å²) in [5.41, 5.74) is 0. The molecule has 0 saturated carbocycles. The molecule has 0 amide bonds. The van der Waals surface area contributed by atoms with Crippen molar-refractivity contribution in [3.8, 4) is 0 Å². The molecule has 2 heterocycles. The first-order valence-corrected chi connectivity index (χ1v) is 9.36. The fourth-order valence-electron chi connectivity index (χ4n) is 3.57. The number of hydrogen-bond donors (Lipinski definition) is 1. The van der Waals surface area contributed by atoms with Gasteiger partial charge in [-0.2, -0.15) is 0 Å². The third kappa shape index (κ3) is 4.19. The number of piperidine rings is 1. The normalized spacial score (nSPS) is 32.6. The van der Waals surface area contributed by atoms with Gasteiger partial charge in [0.05, 0.1) is 11.5 Å². The van der Waals surface area contributed by atoms with Crippen molar-refractivity contribution in [2.45, 2.75) is 45.1 Å². The summed E-state index contributed by atoms with van der Waals surface area (Å²) in [4.78, 5) is 13.1. The molecule has 3 atom stereocenters. The number of carboxylic acid groups (broad SMARTS) is 1. The molecule has 2 fully saturated rings. The molecule has 0 aliphatic carbocycles. The van der Waals surface area contributed by atoms with Gasteiger partial charge in [0.1, 0.15) is 0 Å². The highest BCUT2D eigenvalue weighted by atomic mass is 32.2. The number of rotatable bonds is 4. The summed E-state index contributed by atoms with van der Waals surface area (Å²) in [6.07, 6.45) is 4.04. The van der Waals surface area contributed by atoms with Gasteiger partial charge in [-0.25, -0.2) is 8.42 Å². The van der Waals surface area contributed by atoms with Gasteiger partial charge in [-0.05, 0) is 44.1 Å². The molecule has 2 aliphatic heterocycles. The van der Waals surface area contributed by atoms with Crippen LogP contribution in [0.15, 0.2) is 0 Å². The maximum absolute atomic E-state index is 11.8. The van der Waals surface area contributed by atoms with Crippen LogP contribution in [-0.2, 0) is 14.6 Å². The minimum absolute atomic E-state index is 0.147. The predicted molar refractivity (Wildman–Crippen MR) is 77.4 cm³/mol. The predicted octanol–water partition coefficient (Wildman–Crippen LogP) is 1.39. The summed E-state index contributed by atoms with van der Waals surface area (Å²) in [6.45, 7) is 3.81. The molecule has 2 saturated heterocycles. The van der Waals surface area contributed by atoms with Gasteiger partial charge < -0.3 is 5.11 Å². The van der Waals surface area contributed by atoms with Crippen molar-refractivity contribution in [1.82, 2.24) is 4.90 Å². The number of carbonyl (C=O) groups is 1. The van der Waals surface area contributed by atoms with Gasteiger partial charge in [0.2, 0.25) is 0 Å². The number of sulfone groups is 1. The third-order valence-corrected chi connectivity index (χ3v) is 6.55. The molecule has 6 heteroatoms. The summed E-state index contributed by atoms with van der Waals surface area (Å²) in [6, 6.07) is 0.147. The Morgan fingerprint density at radius 3 is 2.75 bits per heavy atom. The Bertz CT molecular complexity index is 448. The van der Waals surface area contributed by atoms with E-state index in [0.717, 1.165) is 38.8 Å². The van der Waals surface area contributed by atoms with E-state index < -0.39 is 15.8 Å². The SMILES string of the molecule is CC(CC(=O)O)C1CCCN(C2CCCS(=O)(=O)C2)C1. The number of likely N-dealkylation sites (tertiary alicyclic amines) is 1. The van der Waals surface area contributed by atoms with E-state index >= 15 is 0 Å². The van der Waals surface area contributed by atoms with Crippen LogP contribution < -0.4 is 0 Å². The van der Waals surface area contributed by atoms with E-state index in [1.807, 2.05) is 6.92 Å². The van der Waals surface area contributed by atoms with E-state index in [0.29, 0.717) is 11.7 Å². The Morgan fingerprint density at radius 2 is 2.10 bits per heavy atom. The van der Waals surface area contributed by atoms with Crippen LogP contribution in [-0.4, -0.2) is 55.0 Å². The molecule has 2 rings (SSSR count). The molecule has 116 valence electrons. The lowest BCUT2D eigenvalue weighted by atomic mass is 9.84. The molecule has 1 N–H and O–H groups in total. The van der Waals surface area contributed by atoms with Crippen LogP contribution in [0, 0.1) is 11.8 Å². The summed E-state index contributed by atoms with van der Waals surface area (Å²) in [5, 5.41) is 8.90. The zero-order valence-electron chi connectivity index (χ0n) is 12.1. The number of hydrogen-bond acceptors (Lipinski definition) is 4. The third-order valence-electron chi connectivity index (χ3n) is 4.75. The topological polar surface area (TPSA) is 74.7 Å². The fourth-order valence-corrected chi connectivity index (χ4v) is 5.30. The second-order valence-corrected chi connectivity index (χ2v) is 8.61. The van der Waals surface area contributed by atoms with E-state index in [9.17, 15) is 13.2 Å². The highest BCUT2D eigenvalue weighted by Gasteiger charge is 2.33. The van der Waals surface area contributed by atoms with Crippen LogP contribution in [0.2, 0.25) is 0 Å². The largest absolute Gasteiger partial charge is 0.481 e. The van der Waals surface area contributed by atoms with Gasteiger partial charge in [-0.15, -0.1) is 0 Å². The molecule has 0 aromatic heterocycles. The summed E-state index contributed by atoms with van der Waals surface area (Å²) in [5.74, 6) is 0.415. The van der Waals surface area contributed by atoms with Crippen molar-refractivity contribution in [2.75, 3.05) is 24.6 Å². The molecule has 3 unspecified atom stereocenters. The zero-order chi connectivity index (χ0) is 14.8. The standard InChI is InChI=1S/C14H25NO4S/c1-11(8-14(16)17)12-4-2-6-15(9-12)13-5-3-7-20(18,19)10-13/h11-13H,2-10H2,1H3,(H,16,17). The van der Waals surface area contributed by atoms with Crippen molar-refractivity contribution in [2.24, 2.45) is 11.8 Å². The van der Waals surface area contributed by atoms with Crippen LogP contribution in [0.25, 0.3) is 0 Å². The molecule has 2 aliphatic rings. The lowest BCUT2D eigenvalue weighted by Crippen LogP contribution is -2.49. The van der Waals surface area contributed by atoms with Crippen LogP contribution in [0.1, 0.15) is 39.0 Å². The number of carboxylic acids is 1. The zero-order valence-corrected chi connectivity index (χ0v) is 12.9. The highest BCUT2D eigenvalue weighted by Crippen LogP contribution is 2.29. The maximum Gasteiger partial charge on any atom is 0.303 e. The highest BCUT2D eigenvalue weighted by molar-refractivity contribution is 7.91. The minimum Gasteiger partial charge on any atom is -0.481 e. The average Bonchev–Trinajstić information content (AvgIpc) is 2.37. The summed E-state index contributed by atoms with van der Waals surface area (Å²) >= 11 is 0. The van der Waals surface area contributed by atoms with E-state index in [1.165, 1.54) is 0 Å². The first kappa shape index (κ1) is 15.8. The van der Waals surface area contributed by atoms with Crippen molar-refractivity contribution in [1.29, 1.82) is 0 Å². The molecule has 20 heavy (non-hydrogen) atoms. The molecule has 0 bridgehead atoms. The van der Waals surface area contributed by atoms with Gasteiger partial charge in [0.25, 0.3) is 0 Å². The molecule has 0 spiro atoms. The smallest absolute Gasteiger partial charge is 0.303 e. The van der Waals surface area contributed by atoms with E-state index in [-0.39, 0.29) is 24.1 Å². The molecule has 5 nitrogen and oxygen atoms in total. The van der Waals surface area contributed by atoms with Gasteiger partial charge >= 0.3 is 5.97 Å². The number of nitrogens with zero attached hydrogens (tertiary/aromatic N) is 1. The van der Waals surface area contributed by atoms with Crippen LogP contribution in [0.3, 0.4) is 0 Å². The Kier molecular flexibility index (Phi) is 5.07. The summed E-state index contributed by atoms with van der Waals surface area (Å²) < 4.78 is 23.5. The van der Waals surface area contributed by atoms with Crippen LogP contribution >= 0.6 is 0 Å². The fraction of sp³-hybridized carbons (Fsp3) is 0.929. The van der Waals surface area contributed by atoms with Gasteiger partial charge in [-0.1, -0.05) is 6.92 Å². The van der Waals surface area contributed by atoms with Crippen LogP contribution in [0.4, 0.5) is 0 Å². The second-order valence-electron chi connectivity index (χ2n) is 6.38.